The molecule has 1 aromatic carbocycles. The van der Waals surface area contributed by atoms with Crippen molar-refractivity contribution in [3.63, 3.8) is 0 Å². The Kier molecular flexibility index (Phi) is 6.23. The first-order chi connectivity index (χ1) is 12.7. The number of likely N-dealkylation sites (tertiary alicyclic amines) is 1. The molecule has 0 bridgehead atoms. The Morgan fingerprint density at radius 2 is 1.88 bits per heavy atom. The smallest absolute Gasteiger partial charge is 0.256 e. The van der Waals surface area contributed by atoms with Crippen LogP contribution in [0.4, 0.5) is 5.69 Å². The van der Waals surface area contributed by atoms with Gasteiger partial charge in [0.1, 0.15) is 0 Å². The summed E-state index contributed by atoms with van der Waals surface area (Å²) in [6.45, 7) is 6.81. The molecule has 0 unspecified atom stereocenters. The van der Waals surface area contributed by atoms with E-state index < -0.39 is 0 Å². The highest BCUT2D eigenvalue weighted by molar-refractivity contribution is 6.01. The van der Waals surface area contributed by atoms with Crippen LogP contribution in [0.5, 0.6) is 0 Å². The summed E-state index contributed by atoms with van der Waals surface area (Å²) in [5.41, 5.74) is 8.96. The first-order valence-corrected chi connectivity index (χ1v) is 9.52. The van der Waals surface area contributed by atoms with E-state index in [-0.39, 0.29) is 5.91 Å². The first kappa shape index (κ1) is 18.4. The number of rotatable bonds is 7. The molecule has 3 rings (SSSR count). The zero-order valence-corrected chi connectivity index (χ0v) is 15.5. The van der Waals surface area contributed by atoms with Crippen LogP contribution in [0.1, 0.15) is 36.5 Å². The highest BCUT2D eigenvalue weighted by atomic mass is 16.2. The van der Waals surface area contributed by atoms with Gasteiger partial charge in [-0.2, -0.15) is 0 Å². The maximum absolute atomic E-state index is 13.1. The lowest BCUT2D eigenvalue weighted by Crippen LogP contribution is -2.38. The molecular formula is C21H28N4O. The number of nitrogen functional groups attached to an aromatic ring is 1. The molecule has 2 heterocycles. The molecule has 1 saturated heterocycles. The second-order valence-electron chi connectivity index (χ2n) is 6.83. The summed E-state index contributed by atoms with van der Waals surface area (Å²) in [6, 6.07) is 11.5. The summed E-state index contributed by atoms with van der Waals surface area (Å²) in [5, 5.41) is 0. The Morgan fingerprint density at radius 1 is 1.15 bits per heavy atom. The van der Waals surface area contributed by atoms with Crippen LogP contribution in [0.2, 0.25) is 0 Å². The molecule has 26 heavy (non-hydrogen) atoms. The Balaban J connectivity index is 1.80. The van der Waals surface area contributed by atoms with Gasteiger partial charge in [-0.05, 0) is 38.4 Å². The number of carbonyl (C=O) groups excluding carboxylic acids is 1. The highest BCUT2D eigenvalue weighted by Crippen LogP contribution is 2.27. The van der Waals surface area contributed by atoms with Crippen LogP contribution >= 0.6 is 0 Å². The zero-order valence-electron chi connectivity index (χ0n) is 15.5. The molecule has 1 amide bonds. The fraction of sp³-hybridized carbons (Fsp3) is 0.429. The largest absolute Gasteiger partial charge is 0.396 e. The maximum atomic E-state index is 13.1. The predicted octanol–water partition coefficient (Wildman–Crippen LogP) is 3.28. The van der Waals surface area contributed by atoms with Crippen LogP contribution in [0.3, 0.4) is 0 Å². The van der Waals surface area contributed by atoms with Crippen molar-refractivity contribution in [2.45, 2.75) is 26.2 Å². The van der Waals surface area contributed by atoms with Gasteiger partial charge in [0.25, 0.3) is 5.91 Å². The molecular weight excluding hydrogens is 324 g/mol. The van der Waals surface area contributed by atoms with Gasteiger partial charge in [0, 0.05) is 31.4 Å². The average Bonchev–Trinajstić information content (AvgIpc) is 3.19. The van der Waals surface area contributed by atoms with E-state index >= 15 is 0 Å². The molecule has 5 heteroatoms. The van der Waals surface area contributed by atoms with Crippen molar-refractivity contribution in [1.29, 1.82) is 0 Å². The summed E-state index contributed by atoms with van der Waals surface area (Å²) in [4.78, 5) is 21.9. The van der Waals surface area contributed by atoms with Crippen LogP contribution in [0.15, 0.2) is 42.6 Å². The van der Waals surface area contributed by atoms with E-state index in [1.54, 1.807) is 12.3 Å². The third-order valence-corrected chi connectivity index (χ3v) is 4.93. The topological polar surface area (TPSA) is 62.5 Å². The molecule has 1 aliphatic rings. The predicted molar refractivity (Wildman–Crippen MR) is 106 cm³/mol. The zero-order chi connectivity index (χ0) is 18.4. The van der Waals surface area contributed by atoms with E-state index in [0.717, 1.165) is 44.7 Å². The van der Waals surface area contributed by atoms with Gasteiger partial charge in [0.15, 0.2) is 0 Å². The van der Waals surface area contributed by atoms with Crippen molar-refractivity contribution < 1.29 is 4.79 Å². The van der Waals surface area contributed by atoms with E-state index in [4.69, 9.17) is 5.73 Å². The van der Waals surface area contributed by atoms with Gasteiger partial charge in [-0.3, -0.25) is 9.78 Å². The van der Waals surface area contributed by atoms with E-state index in [9.17, 15) is 4.79 Å². The number of hydrogen-bond donors (Lipinski definition) is 1. The number of nitrogens with two attached hydrogens (primary N) is 1. The molecule has 2 N–H and O–H groups in total. The average molecular weight is 352 g/mol. The van der Waals surface area contributed by atoms with E-state index in [2.05, 4.69) is 16.8 Å². The van der Waals surface area contributed by atoms with E-state index in [1.807, 2.05) is 35.2 Å². The second kappa shape index (κ2) is 8.81. The van der Waals surface area contributed by atoms with Gasteiger partial charge in [0.05, 0.1) is 16.9 Å². The summed E-state index contributed by atoms with van der Waals surface area (Å²) in [6.07, 6.45) is 5.14. The van der Waals surface area contributed by atoms with Crippen LogP contribution in [-0.2, 0) is 0 Å². The number of nitrogens with zero attached hydrogens (tertiary/aromatic N) is 3. The van der Waals surface area contributed by atoms with Gasteiger partial charge < -0.3 is 15.5 Å². The number of benzene rings is 1. The molecule has 0 aliphatic carbocycles. The van der Waals surface area contributed by atoms with Crippen molar-refractivity contribution in [3.05, 3.63) is 48.2 Å². The lowest BCUT2D eigenvalue weighted by Gasteiger charge is -2.26. The molecule has 2 aromatic rings. The van der Waals surface area contributed by atoms with Crippen molar-refractivity contribution in [2.24, 2.45) is 0 Å². The number of carbonyl (C=O) groups is 1. The minimum absolute atomic E-state index is 0.00290. The first-order valence-electron chi connectivity index (χ1n) is 9.52. The minimum Gasteiger partial charge on any atom is -0.396 e. The van der Waals surface area contributed by atoms with Crippen molar-refractivity contribution >= 4 is 11.6 Å². The van der Waals surface area contributed by atoms with Gasteiger partial charge in [-0.15, -0.1) is 0 Å². The van der Waals surface area contributed by atoms with E-state index in [1.165, 1.54) is 12.8 Å². The van der Waals surface area contributed by atoms with Gasteiger partial charge >= 0.3 is 0 Å². The van der Waals surface area contributed by atoms with Gasteiger partial charge in [-0.25, -0.2) is 0 Å². The number of anilines is 1. The molecule has 0 saturated carbocycles. The monoisotopic (exact) mass is 352 g/mol. The number of aromatic nitrogens is 1. The fourth-order valence-electron chi connectivity index (χ4n) is 3.51. The second-order valence-corrected chi connectivity index (χ2v) is 6.83. The van der Waals surface area contributed by atoms with Gasteiger partial charge in [0.2, 0.25) is 0 Å². The van der Waals surface area contributed by atoms with Crippen molar-refractivity contribution in [1.82, 2.24) is 14.8 Å². The third-order valence-electron chi connectivity index (χ3n) is 4.93. The van der Waals surface area contributed by atoms with Crippen LogP contribution in [0.25, 0.3) is 11.3 Å². The Hall–Kier alpha value is -2.40. The molecule has 5 nitrogen and oxygen atoms in total. The standard InChI is InChI=1S/C21H28N4O/c1-2-12-25(16-15-24-13-6-7-14-24)21(26)18-10-11-23-20(19(18)22)17-8-4-3-5-9-17/h3-5,8-11H,2,6-7,12-16,22H2,1H3. The highest BCUT2D eigenvalue weighted by Gasteiger charge is 2.21. The number of pyridine rings is 1. The van der Waals surface area contributed by atoms with Crippen LogP contribution in [-0.4, -0.2) is 53.4 Å². The Labute approximate surface area is 155 Å². The quantitative estimate of drug-likeness (QED) is 0.831. The van der Waals surface area contributed by atoms with Gasteiger partial charge in [-0.1, -0.05) is 37.3 Å². The van der Waals surface area contributed by atoms with Crippen LogP contribution in [0, 0.1) is 0 Å². The lowest BCUT2D eigenvalue weighted by molar-refractivity contribution is 0.0741. The Morgan fingerprint density at radius 3 is 2.58 bits per heavy atom. The lowest BCUT2D eigenvalue weighted by atomic mass is 10.1. The summed E-state index contributed by atoms with van der Waals surface area (Å²) >= 11 is 0. The molecule has 1 aliphatic heterocycles. The Bertz CT molecular complexity index is 726. The third kappa shape index (κ3) is 4.22. The maximum Gasteiger partial charge on any atom is 0.256 e. The molecule has 138 valence electrons. The van der Waals surface area contributed by atoms with Crippen LogP contribution < -0.4 is 5.73 Å². The summed E-state index contributed by atoms with van der Waals surface area (Å²) < 4.78 is 0. The molecule has 0 spiro atoms. The van der Waals surface area contributed by atoms with Crippen molar-refractivity contribution in [3.8, 4) is 11.3 Å². The molecule has 1 aromatic heterocycles. The van der Waals surface area contributed by atoms with E-state index in [0.29, 0.717) is 16.9 Å². The normalized spacial score (nSPS) is 14.5. The summed E-state index contributed by atoms with van der Waals surface area (Å²) in [7, 11) is 0. The SMILES string of the molecule is CCCN(CCN1CCCC1)C(=O)c1ccnc(-c2ccccc2)c1N. The minimum atomic E-state index is 0.00290. The molecule has 0 atom stereocenters. The molecule has 0 radical (unpaired) electrons. The number of hydrogen-bond acceptors (Lipinski definition) is 4. The van der Waals surface area contributed by atoms with Crippen molar-refractivity contribution in [2.75, 3.05) is 38.5 Å². The molecule has 1 fully saturated rings. The number of amides is 1. The summed E-state index contributed by atoms with van der Waals surface area (Å²) in [5.74, 6) is 0.00290. The fourth-order valence-corrected chi connectivity index (χ4v) is 3.51.